The highest BCUT2D eigenvalue weighted by molar-refractivity contribution is 7.81. The highest BCUT2D eigenvalue weighted by Gasteiger charge is 2.28. The molecule has 0 aliphatic heterocycles. The molecule has 0 aromatic carbocycles. The van der Waals surface area contributed by atoms with Crippen molar-refractivity contribution in [2.45, 2.75) is 60.1 Å². The molecule has 0 fully saturated rings. The van der Waals surface area contributed by atoms with Gasteiger partial charge in [-0.05, 0) is 23.2 Å². The Bertz CT molecular complexity index is 147. The van der Waals surface area contributed by atoms with E-state index >= 15 is 0 Å². The van der Waals surface area contributed by atoms with Crippen LogP contribution in [0.2, 0.25) is 0 Å². The lowest BCUT2D eigenvalue weighted by Gasteiger charge is -2.34. The van der Waals surface area contributed by atoms with Crippen molar-refractivity contribution in [3.05, 3.63) is 0 Å². The van der Waals surface area contributed by atoms with Crippen molar-refractivity contribution in [3.63, 3.8) is 0 Å². The highest BCUT2D eigenvalue weighted by atomic mass is 32.1. The molecule has 2 unspecified atom stereocenters. The largest absolute Gasteiger partial charge is 0.175 e. The van der Waals surface area contributed by atoms with Gasteiger partial charge >= 0.3 is 0 Å². The Morgan fingerprint density at radius 1 is 1.00 bits per heavy atom. The summed E-state index contributed by atoms with van der Waals surface area (Å²) >= 11 is 4.72. The molecule has 0 aliphatic carbocycles. The zero-order chi connectivity index (χ0) is 10.9. The molecular formula is C12H26S. The molecule has 0 radical (unpaired) electrons. The van der Waals surface area contributed by atoms with E-state index in [2.05, 4.69) is 48.5 Å². The van der Waals surface area contributed by atoms with Crippen LogP contribution in [0.5, 0.6) is 0 Å². The van der Waals surface area contributed by atoms with Crippen LogP contribution in [0.15, 0.2) is 0 Å². The number of thiol groups is 1. The third-order valence-electron chi connectivity index (χ3n) is 2.36. The molecule has 2 atom stereocenters. The maximum atomic E-state index is 4.72. The summed E-state index contributed by atoms with van der Waals surface area (Å²) in [6.45, 7) is 16.0. The summed E-state index contributed by atoms with van der Waals surface area (Å²) in [7, 11) is 0. The molecule has 0 rings (SSSR count). The minimum atomic E-state index is 0.313. The predicted octanol–water partition coefficient (Wildman–Crippen LogP) is 4.40. The number of hydrogen-bond acceptors (Lipinski definition) is 1. The molecule has 0 aromatic heterocycles. The van der Waals surface area contributed by atoms with Gasteiger partial charge in [0.05, 0.1) is 0 Å². The fraction of sp³-hybridized carbons (Fsp3) is 1.00. The predicted molar refractivity (Wildman–Crippen MR) is 65.5 cm³/mol. The quantitative estimate of drug-likeness (QED) is 0.630. The first-order valence-corrected chi connectivity index (χ1v) is 5.74. The van der Waals surface area contributed by atoms with Gasteiger partial charge in [-0.2, -0.15) is 12.6 Å². The van der Waals surface area contributed by atoms with Crippen molar-refractivity contribution in [2.75, 3.05) is 0 Å². The Labute approximate surface area is 89.9 Å². The Balaban J connectivity index is 4.20. The lowest BCUT2D eigenvalue weighted by molar-refractivity contribution is 0.245. The second kappa shape index (κ2) is 4.25. The second-order valence-electron chi connectivity index (χ2n) is 6.55. The molecule has 0 aliphatic rings. The first-order chi connectivity index (χ1) is 5.54. The van der Waals surface area contributed by atoms with E-state index in [4.69, 9.17) is 12.6 Å². The van der Waals surface area contributed by atoms with E-state index in [1.807, 2.05) is 0 Å². The van der Waals surface area contributed by atoms with Crippen LogP contribution < -0.4 is 0 Å². The Kier molecular flexibility index (Phi) is 4.36. The van der Waals surface area contributed by atoms with Crippen molar-refractivity contribution in [1.82, 2.24) is 0 Å². The van der Waals surface area contributed by atoms with Crippen molar-refractivity contribution >= 4 is 12.6 Å². The van der Waals surface area contributed by atoms with Crippen molar-refractivity contribution in [2.24, 2.45) is 16.7 Å². The minimum Gasteiger partial charge on any atom is -0.175 e. The van der Waals surface area contributed by atoms with E-state index in [0.717, 1.165) is 0 Å². The average Bonchev–Trinajstić information content (AvgIpc) is 1.79. The van der Waals surface area contributed by atoms with Crippen LogP contribution in [0.1, 0.15) is 54.9 Å². The first kappa shape index (κ1) is 13.4. The normalized spacial score (nSPS) is 18.5. The highest BCUT2D eigenvalue weighted by Crippen LogP contribution is 2.36. The fourth-order valence-corrected chi connectivity index (χ4v) is 2.04. The molecule has 0 aromatic rings. The molecule has 0 spiro atoms. The molecule has 0 saturated heterocycles. The smallest absolute Gasteiger partial charge is 0.00911 e. The summed E-state index contributed by atoms with van der Waals surface area (Å²) in [6.07, 6.45) is 1.25. The van der Waals surface area contributed by atoms with Crippen molar-refractivity contribution < 1.29 is 0 Å². The minimum absolute atomic E-state index is 0.313. The van der Waals surface area contributed by atoms with E-state index in [1.54, 1.807) is 0 Å². The SMILES string of the molecule is CC(CC(C)(C)C)C(S)C(C)(C)C. The lowest BCUT2D eigenvalue weighted by atomic mass is 9.77. The van der Waals surface area contributed by atoms with E-state index < -0.39 is 0 Å². The van der Waals surface area contributed by atoms with Crippen molar-refractivity contribution in [3.8, 4) is 0 Å². The average molecular weight is 202 g/mol. The summed E-state index contributed by atoms with van der Waals surface area (Å²) in [5.41, 5.74) is 0.736. The van der Waals surface area contributed by atoms with Crippen LogP contribution in [0, 0.1) is 16.7 Å². The molecular weight excluding hydrogens is 176 g/mol. The Hall–Kier alpha value is 0.350. The van der Waals surface area contributed by atoms with Gasteiger partial charge in [0.2, 0.25) is 0 Å². The van der Waals surface area contributed by atoms with E-state index in [0.29, 0.717) is 22.0 Å². The summed E-state index contributed by atoms with van der Waals surface area (Å²) in [5, 5.41) is 0.492. The van der Waals surface area contributed by atoms with Gasteiger partial charge < -0.3 is 0 Å². The molecule has 0 amide bonds. The van der Waals surface area contributed by atoms with Crippen LogP contribution in [-0.4, -0.2) is 5.25 Å². The van der Waals surface area contributed by atoms with Gasteiger partial charge in [0.25, 0.3) is 0 Å². The van der Waals surface area contributed by atoms with Crippen LogP contribution in [0.4, 0.5) is 0 Å². The molecule has 0 heterocycles. The van der Waals surface area contributed by atoms with Crippen LogP contribution in [0.25, 0.3) is 0 Å². The molecule has 13 heavy (non-hydrogen) atoms. The van der Waals surface area contributed by atoms with Gasteiger partial charge in [-0.3, -0.25) is 0 Å². The second-order valence-corrected chi connectivity index (χ2v) is 7.11. The van der Waals surface area contributed by atoms with Crippen LogP contribution >= 0.6 is 12.6 Å². The lowest BCUT2D eigenvalue weighted by Crippen LogP contribution is -2.30. The Morgan fingerprint density at radius 2 is 1.38 bits per heavy atom. The first-order valence-electron chi connectivity index (χ1n) is 5.22. The maximum absolute atomic E-state index is 4.72. The molecule has 0 N–H and O–H groups in total. The standard InChI is InChI=1S/C12H26S/c1-9(8-11(2,3)4)10(13)12(5,6)7/h9-10,13H,8H2,1-7H3. The van der Waals surface area contributed by atoms with E-state index in [9.17, 15) is 0 Å². The van der Waals surface area contributed by atoms with Crippen LogP contribution in [0.3, 0.4) is 0 Å². The van der Waals surface area contributed by atoms with Gasteiger partial charge in [-0.15, -0.1) is 0 Å². The van der Waals surface area contributed by atoms with Gasteiger partial charge in [0.15, 0.2) is 0 Å². The van der Waals surface area contributed by atoms with Crippen molar-refractivity contribution in [1.29, 1.82) is 0 Å². The third-order valence-corrected chi connectivity index (χ3v) is 3.64. The molecule has 80 valence electrons. The summed E-state index contributed by atoms with van der Waals surface area (Å²) in [4.78, 5) is 0. The molecule has 0 saturated carbocycles. The van der Waals surface area contributed by atoms with Gasteiger partial charge in [-0.1, -0.05) is 48.5 Å². The topological polar surface area (TPSA) is 0 Å². The zero-order valence-corrected chi connectivity index (χ0v) is 11.2. The molecule has 0 bridgehead atoms. The summed E-state index contributed by atoms with van der Waals surface area (Å²) < 4.78 is 0. The van der Waals surface area contributed by atoms with E-state index in [-0.39, 0.29) is 0 Å². The third kappa shape index (κ3) is 5.61. The number of rotatable bonds is 2. The maximum Gasteiger partial charge on any atom is 0.00911 e. The number of hydrogen-bond donors (Lipinski definition) is 1. The summed E-state index contributed by atoms with van der Waals surface area (Å²) in [6, 6.07) is 0. The van der Waals surface area contributed by atoms with E-state index in [1.165, 1.54) is 6.42 Å². The van der Waals surface area contributed by atoms with Crippen LogP contribution in [-0.2, 0) is 0 Å². The molecule has 1 heteroatoms. The van der Waals surface area contributed by atoms with Gasteiger partial charge in [0.1, 0.15) is 0 Å². The zero-order valence-electron chi connectivity index (χ0n) is 10.3. The van der Waals surface area contributed by atoms with Gasteiger partial charge in [0, 0.05) is 5.25 Å². The fourth-order valence-electron chi connectivity index (χ4n) is 1.93. The Morgan fingerprint density at radius 3 is 1.62 bits per heavy atom. The summed E-state index contributed by atoms with van der Waals surface area (Å²) in [5.74, 6) is 0.684. The molecule has 0 nitrogen and oxygen atoms in total. The monoisotopic (exact) mass is 202 g/mol. The van der Waals surface area contributed by atoms with Gasteiger partial charge in [-0.25, -0.2) is 0 Å².